The lowest BCUT2D eigenvalue weighted by Crippen LogP contribution is -2.29. The number of carbonyl (C=O) groups excluding carboxylic acids is 1. The molecule has 2 nitrogen and oxygen atoms in total. The number of carbonyl (C=O) groups is 1. The van der Waals surface area contributed by atoms with Crippen LogP contribution in [0.5, 0.6) is 0 Å². The third kappa shape index (κ3) is 9.62. The lowest BCUT2D eigenvalue weighted by atomic mass is 9.79. The maximum Gasteiger partial charge on any atom is 0.391 e. The van der Waals surface area contributed by atoms with Crippen molar-refractivity contribution in [2.24, 2.45) is 22.7 Å². The van der Waals surface area contributed by atoms with Crippen molar-refractivity contribution < 1.29 is 18.0 Å². The van der Waals surface area contributed by atoms with E-state index in [0.29, 0.717) is 18.5 Å². The normalized spacial score (nSPS) is 20.9. The number of halogens is 4. The Hall–Kier alpha value is -1.62. The molecule has 0 N–H and O–H groups in total. The van der Waals surface area contributed by atoms with Crippen molar-refractivity contribution in [3.8, 4) is 0 Å². The lowest BCUT2D eigenvalue weighted by molar-refractivity contribution is -0.182. The van der Waals surface area contributed by atoms with Crippen LogP contribution in [0.4, 0.5) is 13.2 Å². The van der Waals surface area contributed by atoms with Crippen LogP contribution in [0.15, 0.2) is 41.0 Å². The van der Waals surface area contributed by atoms with Gasteiger partial charge in [-0.15, -0.1) is 0 Å². The number of ketones is 1. The Morgan fingerprint density at radius 2 is 1.62 bits per heavy atom. The molecule has 6 heteroatoms. The maximum atomic E-state index is 12.7. The summed E-state index contributed by atoms with van der Waals surface area (Å²) in [4.78, 5) is 15.7. The van der Waals surface area contributed by atoms with Crippen molar-refractivity contribution in [3.05, 3.63) is 46.6 Å². The molecule has 162 valence electrons. The monoisotopic (exact) mass is 429 g/mol. The van der Waals surface area contributed by atoms with Crippen LogP contribution in [-0.4, -0.2) is 17.7 Å². The third-order valence-electron chi connectivity index (χ3n) is 5.04. The summed E-state index contributed by atoms with van der Waals surface area (Å²) in [6.07, 6.45) is -1.18. The molecule has 0 aliphatic heterocycles. The van der Waals surface area contributed by atoms with Gasteiger partial charge in [-0.25, -0.2) is 0 Å². The van der Waals surface area contributed by atoms with E-state index in [1.54, 1.807) is 0 Å². The van der Waals surface area contributed by atoms with Gasteiger partial charge in [-0.2, -0.15) is 13.2 Å². The minimum Gasteiger partial charge on any atom is -0.295 e. The van der Waals surface area contributed by atoms with Gasteiger partial charge in [0.05, 0.1) is 5.92 Å². The Kier molecular flexibility index (Phi) is 10.1. The van der Waals surface area contributed by atoms with Crippen LogP contribution in [0.25, 0.3) is 0 Å². The van der Waals surface area contributed by atoms with Gasteiger partial charge in [-0.1, -0.05) is 43.1 Å². The fraction of sp³-hybridized carbons (Fsp3) is 0.565. The maximum absolute atomic E-state index is 12.7. The average molecular weight is 430 g/mol. The zero-order chi connectivity index (χ0) is 22.2. The quantitative estimate of drug-likeness (QED) is 0.358. The second-order valence-electron chi connectivity index (χ2n) is 7.97. The summed E-state index contributed by atoms with van der Waals surface area (Å²) < 4.78 is 38.0. The highest BCUT2D eigenvalue weighted by molar-refractivity contribution is 6.30. The zero-order valence-electron chi connectivity index (χ0n) is 17.8. The molecule has 0 spiro atoms. The summed E-state index contributed by atoms with van der Waals surface area (Å²) >= 11 is 5.61. The van der Waals surface area contributed by atoms with Gasteiger partial charge in [0.25, 0.3) is 0 Å². The first kappa shape index (κ1) is 25.4. The number of alkyl halides is 3. The molecule has 0 saturated heterocycles. The Morgan fingerprint density at radius 1 is 1.10 bits per heavy atom. The smallest absolute Gasteiger partial charge is 0.295 e. The molecule has 29 heavy (non-hydrogen) atoms. The highest BCUT2D eigenvalue weighted by Gasteiger charge is 2.41. The molecule has 1 fully saturated rings. The number of rotatable bonds is 4. The van der Waals surface area contributed by atoms with Crippen LogP contribution in [0.2, 0.25) is 5.02 Å². The molecule has 0 aromatic heterocycles. The SMILES string of the molecule is CC(=O)/C=C(\N=C(C)C1CCC(C(F)(F)F)CC1)C(C)C.Cc1ccc(Cl)cc1. The predicted molar refractivity (Wildman–Crippen MR) is 114 cm³/mol. The van der Waals surface area contributed by atoms with Gasteiger partial charge in [0.1, 0.15) is 0 Å². The summed E-state index contributed by atoms with van der Waals surface area (Å²) in [5.74, 6) is -1.01. The van der Waals surface area contributed by atoms with Gasteiger partial charge in [0.15, 0.2) is 5.78 Å². The molecule has 0 amide bonds. The Balaban J connectivity index is 0.000000436. The van der Waals surface area contributed by atoms with Gasteiger partial charge < -0.3 is 0 Å². The first-order chi connectivity index (χ1) is 13.4. The molecule has 0 unspecified atom stereocenters. The Morgan fingerprint density at radius 3 is 2.00 bits per heavy atom. The highest BCUT2D eigenvalue weighted by Crippen LogP contribution is 2.40. The number of hydrogen-bond acceptors (Lipinski definition) is 2. The molecule has 1 saturated carbocycles. The van der Waals surface area contributed by atoms with Gasteiger partial charge in [-0.3, -0.25) is 9.79 Å². The predicted octanol–water partition coefficient (Wildman–Crippen LogP) is 7.59. The first-order valence-electron chi connectivity index (χ1n) is 9.96. The Bertz CT molecular complexity index is 692. The molecule has 1 aliphatic carbocycles. The number of hydrogen-bond donors (Lipinski definition) is 0. The molecule has 0 bridgehead atoms. The van der Waals surface area contributed by atoms with E-state index in [1.165, 1.54) is 18.6 Å². The third-order valence-corrected chi connectivity index (χ3v) is 5.29. The highest BCUT2D eigenvalue weighted by atomic mass is 35.5. The van der Waals surface area contributed by atoms with Crippen LogP contribution in [-0.2, 0) is 4.79 Å². The van der Waals surface area contributed by atoms with Gasteiger partial charge in [0, 0.05) is 22.5 Å². The zero-order valence-corrected chi connectivity index (χ0v) is 18.6. The van der Waals surface area contributed by atoms with E-state index in [-0.39, 0.29) is 30.5 Å². The van der Waals surface area contributed by atoms with Crippen molar-refractivity contribution in [3.63, 3.8) is 0 Å². The van der Waals surface area contributed by atoms with E-state index < -0.39 is 12.1 Å². The Labute approximate surface area is 177 Å². The van der Waals surface area contributed by atoms with Crippen molar-refractivity contribution in [1.29, 1.82) is 0 Å². The number of allylic oxidation sites excluding steroid dienone is 2. The van der Waals surface area contributed by atoms with Crippen molar-refractivity contribution in [1.82, 2.24) is 0 Å². The van der Waals surface area contributed by atoms with Gasteiger partial charge in [-0.05, 0) is 70.4 Å². The fourth-order valence-corrected chi connectivity index (χ4v) is 3.33. The van der Waals surface area contributed by atoms with Crippen LogP contribution >= 0.6 is 11.6 Å². The van der Waals surface area contributed by atoms with Crippen LogP contribution in [0, 0.1) is 24.7 Å². The molecule has 1 aliphatic rings. The molecular weight excluding hydrogens is 399 g/mol. The van der Waals surface area contributed by atoms with E-state index >= 15 is 0 Å². The summed E-state index contributed by atoms with van der Waals surface area (Å²) in [7, 11) is 0. The first-order valence-corrected chi connectivity index (χ1v) is 10.3. The molecule has 1 aromatic rings. The topological polar surface area (TPSA) is 29.4 Å². The van der Waals surface area contributed by atoms with E-state index in [2.05, 4.69) is 4.99 Å². The molecule has 1 aromatic carbocycles. The van der Waals surface area contributed by atoms with Gasteiger partial charge in [0.2, 0.25) is 0 Å². The molecule has 2 rings (SSSR count). The second kappa shape index (κ2) is 11.5. The van der Waals surface area contributed by atoms with Crippen LogP contribution in [0.1, 0.15) is 58.9 Å². The average Bonchev–Trinajstić information content (AvgIpc) is 2.63. The second-order valence-corrected chi connectivity index (χ2v) is 8.41. The summed E-state index contributed by atoms with van der Waals surface area (Å²) in [5, 5.41) is 0.801. The van der Waals surface area contributed by atoms with E-state index in [0.717, 1.165) is 10.7 Å². The summed E-state index contributed by atoms with van der Waals surface area (Å²) in [6, 6.07) is 7.75. The van der Waals surface area contributed by atoms with Crippen LogP contribution in [0.3, 0.4) is 0 Å². The molecule has 0 heterocycles. The number of aryl methyl sites for hydroxylation is 1. The van der Waals surface area contributed by atoms with Crippen molar-refractivity contribution >= 4 is 23.1 Å². The van der Waals surface area contributed by atoms with E-state index in [1.807, 2.05) is 52.0 Å². The number of nitrogens with zero attached hydrogens (tertiary/aromatic N) is 1. The standard InChI is InChI=1S/C16H24F3NO.C7H7Cl/c1-10(2)15(9-11(3)21)20-12(4)13-5-7-14(8-6-13)16(17,18)19;1-6-2-4-7(8)5-3-6/h9-10,13-14H,5-8H2,1-4H3;2-5H,1H3/b15-9-,20-12?;. The number of aliphatic imine (C=N–C) groups is 1. The minimum absolute atomic E-state index is 0.0592. The summed E-state index contributed by atoms with van der Waals surface area (Å²) in [5.41, 5.74) is 2.80. The van der Waals surface area contributed by atoms with Crippen molar-refractivity contribution in [2.75, 3.05) is 0 Å². The number of benzene rings is 1. The lowest BCUT2D eigenvalue weighted by Gasteiger charge is -2.30. The minimum atomic E-state index is -4.08. The summed E-state index contributed by atoms with van der Waals surface area (Å²) in [6.45, 7) is 9.27. The largest absolute Gasteiger partial charge is 0.391 e. The fourth-order valence-electron chi connectivity index (χ4n) is 3.20. The molecule has 0 atom stereocenters. The van der Waals surface area contributed by atoms with E-state index in [4.69, 9.17) is 11.6 Å². The molecule has 0 radical (unpaired) electrons. The van der Waals surface area contributed by atoms with E-state index in [9.17, 15) is 18.0 Å². The molecular formula is C23H31ClF3NO. The van der Waals surface area contributed by atoms with Crippen LogP contribution < -0.4 is 0 Å². The van der Waals surface area contributed by atoms with Crippen molar-refractivity contribution in [2.45, 2.75) is 66.5 Å². The van der Waals surface area contributed by atoms with Gasteiger partial charge >= 0.3 is 6.18 Å².